The molecule has 6 heteroatoms. The first-order chi connectivity index (χ1) is 20.0. The SMILES string of the molecule is CCCCCCCCCCCCCCCCOC(=O)CC[C@H](NC(=O)CCCCCCCCCCCCC)C(=O)O. The number of nitrogens with one attached hydrogen (secondary N) is 1. The summed E-state index contributed by atoms with van der Waals surface area (Å²) in [5.41, 5.74) is 0. The Labute approximate surface area is 253 Å². The molecular weight excluding hydrogens is 514 g/mol. The van der Waals surface area contributed by atoms with Crippen LogP contribution in [0, 0.1) is 0 Å². The van der Waals surface area contributed by atoms with E-state index in [1.165, 1.54) is 128 Å². The van der Waals surface area contributed by atoms with Crippen molar-refractivity contribution in [1.29, 1.82) is 0 Å². The van der Waals surface area contributed by atoms with Gasteiger partial charge >= 0.3 is 11.9 Å². The number of carboxylic acid groups (broad SMARTS) is 1. The molecule has 0 bridgehead atoms. The molecule has 0 aromatic carbocycles. The second kappa shape index (κ2) is 31.3. The molecule has 0 aromatic heterocycles. The molecule has 0 rings (SSSR count). The van der Waals surface area contributed by atoms with Crippen LogP contribution in [-0.2, 0) is 19.1 Å². The van der Waals surface area contributed by atoms with Crippen molar-refractivity contribution in [2.75, 3.05) is 6.61 Å². The topological polar surface area (TPSA) is 92.7 Å². The molecule has 0 heterocycles. The van der Waals surface area contributed by atoms with Crippen LogP contribution in [0.1, 0.15) is 194 Å². The number of carbonyl (C=O) groups excluding carboxylic acids is 2. The molecule has 0 aliphatic rings. The standard InChI is InChI=1S/C35H67NO5/c1-3-5-7-9-11-13-15-16-17-19-21-23-25-27-31-41-34(38)30-29-32(35(39)40)36-33(37)28-26-24-22-20-18-14-12-10-8-6-4-2/h32H,3-31H2,1-2H3,(H,36,37)(H,39,40)/t32-/m0/s1. The lowest BCUT2D eigenvalue weighted by Gasteiger charge is -2.14. The Morgan fingerprint density at radius 2 is 0.902 bits per heavy atom. The summed E-state index contributed by atoms with van der Waals surface area (Å²) in [5.74, 6) is -1.73. The van der Waals surface area contributed by atoms with Gasteiger partial charge in [-0.15, -0.1) is 0 Å². The van der Waals surface area contributed by atoms with Crippen molar-refractivity contribution in [1.82, 2.24) is 5.32 Å². The smallest absolute Gasteiger partial charge is 0.326 e. The molecule has 2 N–H and O–H groups in total. The third-order valence-corrected chi connectivity index (χ3v) is 8.04. The van der Waals surface area contributed by atoms with Crippen LogP contribution < -0.4 is 5.32 Å². The highest BCUT2D eigenvalue weighted by atomic mass is 16.5. The summed E-state index contributed by atoms with van der Waals surface area (Å²) in [6.45, 7) is 4.89. The van der Waals surface area contributed by atoms with E-state index < -0.39 is 12.0 Å². The lowest BCUT2D eigenvalue weighted by atomic mass is 10.0. The molecule has 0 saturated heterocycles. The molecule has 1 atom stereocenters. The maximum Gasteiger partial charge on any atom is 0.326 e. The maximum absolute atomic E-state index is 12.2. The largest absolute Gasteiger partial charge is 0.480 e. The van der Waals surface area contributed by atoms with Crippen LogP contribution in [0.25, 0.3) is 0 Å². The van der Waals surface area contributed by atoms with Crippen molar-refractivity contribution >= 4 is 17.8 Å². The third kappa shape index (κ3) is 29.7. The molecular formula is C35H67NO5. The first-order valence-electron chi connectivity index (χ1n) is 17.7. The van der Waals surface area contributed by atoms with Crippen molar-refractivity contribution in [3.05, 3.63) is 0 Å². The van der Waals surface area contributed by atoms with Gasteiger partial charge in [0.2, 0.25) is 5.91 Å². The van der Waals surface area contributed by atoms with E-state index in [0.717, 1.165) is 32.1 Å². The molecule has 0 aliphatic heterocycles. The molecule has 1 amide bonds. The van der Waals surface area contributed by atoms with Gasteiger partial charge in [0.05, 0.1) is 6.61 Å². The first-order valence-corrected chi connectivity index (χ1v) is 17.7. The van der Waals surface area contributed by atoms with Crippen LogP contribution in [0.3, 0.4) is 0 Å². The fourth-order valence-corrected chi connectivity index (χ4v) is 5.29. The molecule has 0 unspecified atom stereocenters. The number of hydrogen-bond donors (Lipinski definition) is 2. The zero-order valence-electron chi connectivity index (χ0n) is 27.2. The number of esters is 1. The fourth-order valence-electron chi connectivity index (χ4n) is 5.29. The van der Waals surface area contributed by atoms with Crippen molar-refractivity contribution < 1.29 is 24.2 Å². The minimum Gasteiger partial charge on any atom is -0.480 e. The highest BCUT2D eigenvalue weighted by Crippen LogP contribution is 2.14. The summed E-state index contributed by atoms with van der Waals surface area (Å²) in [6, 6.07) is -1.04. The van der Waals surface area contributed by atoms with Gasteiger partial charge in [0.15, 0.2) is 0 Å². The summed E-state index contributed by atoms with van der Waals surface area (Å²) in [7, 11) is 0. The zero-order valence-corrected chi connectivity index (χ0v) is 27.2. The van der Waals surface area contributed by atoms with Gasteiger partial charge in [-0.3, -0.25) is 9.59 Å². The fraction of sp³-hybridized carbons (Fsp3) is 0.914. The Bertz CT molecular complexity index is 609. The van der Waals surface area contributed by atoms with E-state index in [0.29, 0.717) is 13.0 Å². The Morgan fingerprint density at radius 3 is 1.29 bits per heavy atom. The number of rotatable bonds is 32. The summed E-state index contributed by atoms with van der Waals surface area (Å²) >= 11 is 0. The maximum atomic E-state index is 12.2. The van der Waals surface area contributed by atoms with Gasteiger partial charge in [-0.1, -0.05) is 162 Å². The normalized spacial score (nSPS) is 11.9. The molecule has 0 saturated carbocycles. The van der Waals surface area contributed by atoms with E-state index >= 15 is 0 Å². The van der Waals surface area contributed by atoms with Crippen molar-refractivity contribution in [2.24, 2.45) is 0 Å². The highest BCUT2D eigenvalue weighted by Gasteiger charge is 2.21. The van der Waals surface area contributed by atoms with Crippen LogP contribution in [0.15, 0.2) is 0 Å². The summed E-state index contributed by atoms with van der Waals surface area (Å²) in [6.07, 6.45) is 31.6. The lowest BCUT2D eigenvalue weighted by Crippen LogP contribution is -2.41. The van der Waals surface area contributed by atoms with Crippen LogP contribution in [0.5, 0.6) is 0 Å². The van der Waals surface area contributed by atoms with Crippen molar-refractivity contribution in [3.63, 3.8) is 0 Å². The lowest BCUT2D eigenvalue weighted by molar-refractivity contribution is -0.145. The number of carbonyl (C=O) groups is 3. The van der Waals surface area contributed by atoms with Crippen LogP contribution in [-0.4, -0.2) is 35.6 Å². The average Bonchev–Trinajstić information content (AvgIpc) is 2.95. The second-order valence-corrected chi connectivity index (χ2v) is 12.1. The van der Waals surface area contributed by atoms with Gasteiger partial charge in [-0.25, -0.2) is 4.79 Å². The van der Waals surface area contributed by atoms with Crippen molar-refractivity contribution in [2.45, 2.75) is 200 Å². The molecule has 0 aromatic rings. The van der Waals surface area contributed by atoms with Crippen LogP contribution in [0.4, 0.5) is 0 Å². The number of carboxylic acids is 1. The summed E-state index contributed by atoms with van der Waals surface area (Å²) in [5, 5.41) is 12.0. The van der Waals surface area contributed by atoms with Gasteiger partial charge in [0.1, 0.15) is 6.04 Å². The van der Waals surface area contributed by atoms with Crippen LogP contribution >= 0.6 is 0 Å². The second-order valence-electron chi connectivity index (χ2n) is 12.1. The predicted octanol–water partition coefficient (Wildman–Crippen LogP) is 10.1. The monoisotopic (exact) mass is 582 g/mol. The Morgan fingerprint density at radius 1 is 0.537 bits per heavy atom. The predicted molar refractivity (Wildman–Crippen MR) is 171 cm³/mol. The van der Waals surface area contributed by atoms with Gasteiger partial charge in [-0.05, 0) is 19.3 Å². The molecule has 0 radical (unpaired) electrons. The summed E-state index contributed by atoms with van der Waals surface area (Å²) < 4.78 is 5.28. The summed E-state index contributed by atoms with van der Waals surface area (Å²) in [4.78, 5) is 35.8. The Balaban J connectivity index is 3.64. The first kappa shape index (κ1) is 39.4. The average molecular weight is 582 g/mol. The molecule has 0 fully saturated rings. The Kier molecular flexibility index (Phi) is 30.1. The van der Waals surface area contributed by atoms with Crippen LogP contribution in [0.2, 0.25) is 0 Å². The minimum atomic E-state index is -1.10. The van der Waals surface area contributed by atoms with E-state index in [2.05, 4.69) is 19.2 Å². The number of amides is 1. The van der Waals surface area contributed by atoms with E-state index in [1.807, 2.05) is 0 Å². The number of aliphatic carboxylic acids is 1. The van der Waals surface area contributed by atoms with Gasteiger partial charge in [-0.2, -0.15) is 0 Å². The zero-order chi connectivity index (χ0) is 30.2. The number of hydrogen-bond acceptors (Lipinski definition) is 4. The number of ether oxygens (including phenoxy) is 1. The molecule has 242 valence electrons. The quantitative estimate of drug-likeness (QED) is 0.0609. The van der Waals surface area contributed by atoms with Gasteiger partial charge in [0, 0.05) is 12.8 Å². The van der Waals surface area contributed by atoms with Crippen molar-refractivity contribution in [3.8, 4) is 0 Å². The third-order valence-electron chi connectivity index (χ3n) is 8.04. The molecule has 6 nitrogen and oxygen atoms in total. The Hall–Kier alpha value is -1.59. The van der Waals surface area contributed by atoms with Gasteiger partial charge < -0.3 is 15.2 Å². The van der Waals surface area contributed by atoms with Gasteiger partial charge in [0.25, 0.3) is 0 Å². The van der Waals surface area contributed by atoms with E-state index in [-0.39, 0.29) is 24.7 Å². The molecule has 0 spiro atoms. The van der Waals surface area contributed by atoms with E-state index in [1.54, 1.807) is 0 Å². The highest BCUT2D eigenvalue weighted by molar-refractivity contribution is 5.84. The van der Waals surface area contributed by atoms with E-state index in [9.17, 15) is 19.5 Å². The minimum absolute atomic E-state index is 0.00823. The molecule has 0 aliphatic carbocycles. The molecule has 41 heavy (non-hydrogen) atoms. The van der Waals surface area contributed by atoms with E-state index in [4.69, 9.17) is 4.74 Å². The number of unbranched alkanes of at least 4 members (excludes halogenated alkanes) is 23.